The highest BCUT2D eigenvalue weighted by molar-refractivity contribution is 5.87. The fourth-order valence-corrected chi connectivity index (χ4v) is 2.40. The van der Waals surface area contributed by atoms with Crippen molar-refractivity contribution in [3.05, 3.63) is 41.0 Å². The lowest BCUT2D eigenvalue weighted by Crippen LogP contribution is -2.13. The molecule has 1 aliphatic rings. The van der Waals surface area contributed by atoms with Crippen LogP contribution in [0.25, 0.3) is 5.69 Å². The Morgan fingerprint density at radius 2 is 2.33 bits per heavy atom. The van der Waals surface area contributed by atoms with E-state index in [1.54, 1.807) is 0 Å². The monoisotopic (exact) mass is 292 g/mol. The van der Waals surface area contributed by atoms with Crippen LogP contribution in [-0.4, -0.2) is 34.6 Å². The van der Waals surface area contributed by atoms with Crippen LogP contribution in [0.2, 0.25) is 0 Å². The summed E-state index contributed by atoms with van der Waals surface area (Å²) < 4.78 is 25.3. The van der Waals surface area contributed by atoms with Crippen molar-refractivity contribution < 1.29 is 23.8 Å². The van der Waals surface area contributed by atoms with E-state index in [-0.39, 0.29) is 18.1 Å². The fraction of sp³-hybridized carbons (Fsp3) is 0.286. The normalized spacial score (nSPS) is 13.8. The zero-order chi connectivity index (χ0) is 15.0. The summed E-state index contributed by atoms with van der Waals surface area (Å²) in [7, 11) is 1.37. The Hall–Kier alpha value is -2.41. The Labute approximate surface area is 119 Å². The van der Waals surface area contributed by atoms with E-state index in [0.717, 1.165) is 5.69 Å². The highest BCUT2D eigenvalue weighted by Crippen LogP contribution is 2.26. The lowest BCUT2D eigenvalue weighted by molar-refractivity contribution is 0.0677. The molecule has 110 valence electrons. The van der Waals surface area contributed by atoms with Crippen molar-refractivity contribution in [1.29, 1.82) is 0 Å². The van der Waals surface area contributed by atoms with E-state index in [2.05, 4.69) is 5.10 Å². The highest BCUT2D eigenvalue weighted by atomic mass is 19.1. The third-order valence-corrected chi connectivity index (χ3v) is 3.40. The second kappa shape index (κ2) is 5.17. The third kappa shape index (κ3) is 2.25. The predicted octanol–water partition coefficient (Wildman–Crippen LogP) is 1.79. The Bertz CT molecular complexity index is 711. The van der Waals surface area contributed by atoms with Gasteiger partial charge in [0, 0.05) is 18.1 Å². The maximum Gasteiger partial charge on any atom is 0.356 e. The quantitative estimate of drug-likeness (QED) is 0.933. The van der Waals surface area contributed by atoms with Crippen LogP contribution >= 0.6 is 0 Å². The summed E-state index contributed by atoms with van der Waals surface area (Å²) in [6.45, 7) is 0.714. The maximum absolute atomic E-state index is 13.5. The van der Waals surface area contributed by atoms with Gasteiger partial charge in [-0.15, -0.1) is 0 Å². The van der Waals surface area contributed by atoms with Gasteiger partial charge in [0.15, 0.2) is 17.3 Å². The lowest BCUT2D eigenvalue weighted by atomic mass is 10.1. The molecule has 0 atom stereocenters. The minimum Gasteiger partial charge on any atom is -0.494 e. The van der Waals surface area contributed by atoms with E-state index >= 15 is 0 Å². The molecular formula is C14H13FN2O4. The van der Waals surface area contributed by atoms with E-state index in [0.29, 0.717) is 24.3 Å². The van der Waals surface area contributed by atoms with Crippen LogP contribution in [0.1, 0.15) is 21.7 Å². The number of aromatic carboxylic acids is 1. The molecule has 0 radical (unpaired) electrons. The number of ether oxygens (including phenoxy) is 2. The summed E-state index contributed by atoms with van der Waals surface area (Å²) in [5.74, 6) is -1.51. The largest absolute Gasteiger partial charge is 0.494 e. The van der Waals surface area contributed by atoms with Crippen molar-refractivity contribution >= 4 is 5.97 Å². The number of fused-ring (bicyclic) bond motifs is 1. The predicted molar refractivity (Wildman–Crippen MR) is 70.4 cm³/mol. The molecule has 0 saturated heterocycles. The van der Waals surface area contributed by atoms with Gasteiger partial charge in [0.1, 0.15) is 0 Å². The minimum absolute atomic E-state index is 0.0343. The molecule has 0 fully saturated rings. The SMILES string of the molecule is COc1cc(-n2nc(C(=O)O)c3c2CCOC3)ccc1F. The molecule has 2 heterocycles. The van der Waals surface area contributed by atoms with E-state index in [1.807, 2.05) is 0 Å². The van der Waals surface area contributed by atoms with E-state index in [4.69, 9.17) is 9.47 Å². The van der Waals surface area contributed by atoms with Crippen molar-refractivity contribution in [3.63, 3.8) is 0 Å². The molecular weight excluding hydrogens is 279 g/mol. The number of nitrogens with zero attached hydrogens (tertiary/aromatic N) is 2. The number of carbonyl (C=O) groups is 1. The molecule has 0 saturated carbocycles. The van der Waals surface area contributed by atoms with Crippen LogP contribution in [0, 0.1) is 5.82 Å². The average Bonchev–Trinajstić information content (AvgIpc) is 2.88. The number of hydrogen-bond donors (Lipinski definition) is 1. The topological polar surface area (TPSA) is 73.6 Å². The Morgan fingerprint density at radius 1 is 1.52 bits per heavy atom. The van der Waals surface area contributed by atoms with Gasteiger partial charge in [0.25, 0.3) is 0 Å². The molecule has 1 aromatic carbocycles. The highest BCUT2D eigenvalue weighted by Gasteiger charge is 2.26. The first-order chi connectivity index (χ1) is 10.1. The zero-order valence-electron chi connectivity index (χ0n) is 11.3. The van der Waals surface area contributed by atoms with Gasteiger partial charge >= 0.3 is 5.97 Å². The summed E-state index contributed by atoms with van der Waals surface area (Å²) in [6.07, 6.45) is 0.551. The van der Waals surface area contributed by atoms with E-state index in [1.165, 1.54) is 30.0 Å². The van der Waals surface area contributed by atoms with Crippen molar-refractivity contribution in [2.75, 3.05) is 13.7 Å². The summed E-state index contributed by atoms with van der Waals surface area (Å²) in [6, 6.07) is 4.29. The molecule has 6 nitrogen and oxygen atoms in total. The van der Waals surface area contributed by atoms with Crippen molar-refractivity contribution in [2.45, 2.75) is 13.0 Å². The van der Waals surface area contributed by atoms with Crippen molar-refractivity contribution in [2.24, 2.45) is 0 Å². The Kier molecular flexibility index (Phi) is 3.34. The number of benzene rings is 1. The van der Waals surface area contributed by atoms with Gasteiger partial charge in [-0.2, -0.15) is 5.10 Å². The molecule has 0 bridgehead atoms. The van der Waals surface area contributed by atoms with Gasteiger partial charge in [0.05, 0.1) is 31.7 Å². The van der Waals surface area contributed by atoms with Crippen LogP contribution in [0.3, 0.4) is 0 Å². The van der Waals surface area contributed by atoms with Gasteiger partial charge in [-0.1, -0.05) is 0 Å². The number of carboxylic acid groups (broad SMARTS) is 1. The number of carboxylic acids is 1. The van der Waals surface area contributed by atoms with Crippen LogP contribution in [0.15, 0.2) is 18.2 Å². The lowest BCUT2D eigenvalue weighted by Gasteiger charge is -2.15. The first kappa shape index (κ1) is 13.6. The molecule has 0 aliphatic carbocycles. The first-order valence-corrected chi connectivity index (χ1v) is 6.37. The summed E-state index contributed by atoms with van der Waals surface area (Å²) >= 11 is 0. The van der Waals surface area contributed by atoms with Crippen molar-refractivity contribution in [1.82, 2.24) is 9.78 Å². The van der Waals surface area contributed by atoms with E-state index in [9.17, 15) is 14.3 Å². The molecule has 7 heteroatoms. The number of halogens is 1. The first-order valence-electron chi connectivity index (χ1n) is 6.37. The molecule has 0 unspecified atom stereocenters. The number of rotatable bonds is 3. The average molecular weight is 292 g/mol. The summed E-state index contributed by atoms with van der Waals surface area (Å²) in [4.78, 5) is 11.3. The van der Waals surface area contributed by atoms with E-state index < -0.39 is 11.8 Å². The fourth-order valence-electron chi connectivity index (χ4n) is 2.40. The molecule has 3 rings (SSSR count). The van der Waals surface area contributed by atoms with Crippen LogP contribution in [0.5, 0.6) is 5.75 Å². The van der Waals surface area contributed by atoms with Crippen LogP contribution in [0.4, 0.5) is 4.39 Å². The summed E-state index contributed by atoms with van der Waals surface area (Å²) in [5.41, 5.74) is 1.86. The number of methoxy groups -OCH3 is 1. The number of hydrogen-bond acceptors (Lipinski definition) is 4. The standard InChI is InChI=1S/C14H13FN2O4/c1-20-12-6-8(2-3-10(12)15)17-11-4-5-21-7-9(11)13(16-17)14(18)19/h2-3,6H,4-5,7H2,1H3,(H,18,19). The molecule has 1 aliphatic heterocycles. The molecule has 2 aromatic rings. The molecule has 21 heavy (non-hydrogen) atoms. The van der Waals surface area contributed by atoms with Gasteiger partial charge in [-0.3, -0.25) is 0 Å². The molecule has 0 spiro atoms. The second-order valence-corrected chi connectivity index (χ2v) is 4.61. The second-order valence-electron chi connectivity index (χ2n) is 4.61. The van der Waals surface area contributed by atoms with Gasteiger partial charge in [-0.25, -0.2) is 13.9 Å². The van der Waals surface area contributed by atoms with Gasteiger partial charge < -0.3 is 14.6 Å². The number of aromatic nitrogens is 2. The van der Waals surface area contributed by atoms with Gasteiger partial charge in [0.2, 0.25) is 0 Å². The zero-order valence-corrected chi connectivity index (χ0v) is 11.3. The van der Waals surface area contributed by atoms with Crippen LogP contribution < -0.4 is 4.74 Å². The minimum atomic E-state index is -1.11. The third-order valence-electron chi connectivity index (χ3n) is 3.40. The Morgan fingerprint density at radius 3 is 3.05 bits per heavy atom. The van der Waals surface area contributed by atoms with Crippen LogP contribution in [-0.2, 0) is 17.8 Å². The Balaban J connectivity index is 2.16. The summed E-state index contributed by atoms with van der Waals surface area (Å²) in [5, 5.41) is 13.4. The maximum atomic E-state index is 13.5. The molecule has 0 amide bonds. The molecule has 1 aromatic heterocycles. The van der Waals surface area contributed by atoms with Crippen molar-refractivity contribution in [3.8, 4) is 11.4 Å². The molecule has 1 N–H and O–H groups in total. The van der Waals surface area contributed by atoms with Gasteiger partial charge in [-0.05, 0) is 12.1 Å². The smallest absolute Gasteiger partial charge is 0.356 e.